The second-order valence-corrected chi connectivity index (χ2v) is 5.33. The molecular formula is C13H26N2O2. The number of carbonyl (C=O) groups excluding carboxylic acids is 1. The molecule has 1 amide bonds. The molecule has 0 aliphatic heterocycles. The summed E-state index contributed by atoms with van der Waals surface area (Å²) in [5.41, 5.74) is -0.280. The van der Waals surface area contributed by atoms with Gasteiger partial charge in [0.1, 0.15) is 0 Å². The van der Waals surface area contributed by atoms with Crippen molar-refractivity contribution in [3.05, 3.63) is 0 Å². The van der Waals surface area contributed by atoms with Gasteiger partial charge in [-0.1, -0.05) is 12.8 Å². The van der Waals surface area contributed by atoms with E-state index in [0.717, 1.165) is 0 Å². The second-order valence-electron chi connectivity index (χ2n) is 5.33. The Morgan fingerprint density at radius 1 is 1.35 bits per heavy atom. The van der Waals surface area contributed by atoms with E-state index in [-0.39, 0.29) is 11.5 Å². The van der Waals surface area contributed by atoms with Crippen LogP contribution in [0.15, 0.2) is 0 Å². The molecule has 0 bridgehead atoms. The molecule has 2 N–H and O–H groups in total. The molecule has 0 heterocycles. The minimum atomic E-state index is -0.280. The minimum Gasteiger partial charge on any atom is -0.374 e. The molecular weight excluding hydrogens is 216 g/mol. The maximum Gasteiger partial charge on any atom is 0.234 e. The van der Waals surface area contributed by atoms with Crippen molar-refractivity contribution in [2.45, 2.75) is 58.1 Å². The number of ether oxygens (including phenoxy) is 1. The Kier molecular flexibility index (Phi) is 5.92. The number of rotatable bonds is 7. The van der Waals surface area contributed by atoms with Crippen LogP contribution < -0.4 is 10.6 Å². The number of hydrogen-bond donors (Lipinski definition) is 2. The molecule has 0 saturated heterocycles. The molecule has 0 aromatic heterocycles. The fourth-order valence-corrected chi connectivity index (χ4v) is 2.18. The topological polar surface area (TPSA) is 50.4 Å². The van der Waals surface area contributed by atoms with E-state index < -0.39 is 0 Å². The van der Waals surface area contributed by atoms with E-state index in [1.54, 1.807) is 0 Å². The lowest BCUT2D eigenvalue weighted by atomic mass is 10.1. The zero-order chi connectivity index (χ0) is 12.7. The molecule has 0 aromatic rings. The third-order valence-electron chi connectivity index (χ3n) is 3.15. The largest absolute Gasteiger partial charge is 0.374 e. The molecule has 0 aromatic carbocycles. The van der Waals surface area contributed by atoms with Gasteiger partial charge < -0.3 is 15.4 Å². The van der Waals surface area contributed by atoms with Crippen molar-refractivity contribution >= 4 is 5.91 Å². The predicted octanol–water partition coefficient (Wildman–Crippen LogP) is 1.45. The summed E-state index contributed by atoms with van der Waals surface area (Å²) < 4.78 is 5.52. The van der Waals surface area contributed by atoms with Crippen LogP contribution in [0.1, 0.15) is 46.5 Å². The molecule has 1 fully saturated rings. The minimum absolute atomic E-state index is 0.0599. The summed E-state index contributed by atoms with van der Waals surface area (Å²) in [6.45, 7) is 7.59. The molecule has 1 aliphatic carbocycles. The van der Waals surface area contributed by atoms with Gasteiger partial charge in [-0.25, -0.2) is 0 Å². The Morgan fingerprint density at radius 3 is 2.59 bits per heavy atom. The Balaban J connectivity index is 2.11. The fourth-order valence-electron chi connectivity index (χ4n) is 2.18. The third kappa shape index (κ3) is 6.03. The van der Waals surface area contributed by atoms with Gasteiger partial charge in [-0.05, 0) is 33.6 Å². The van der Waals surface area contributed by atoms with Gasteiger partial charge in [-0.15, -0.1) is 0 Å². The molecule has 1 rings (SSSR count). The van der Waals surface area contributed by atoms with Crippen LogP contribution in [-0.4, -0.2) is 37.2 Å². The van der Waals surface area contributed by atoms with Crippen LogP contribution in [0, 0.1) is 0 Å². The Labute approximate surface area is 104 Å². The molecule has 0 spiro atoms. The Hall–Kier alpha value is -0.610. The first-order valence-electron chi connectivity index (χ1n) is 6.67. The Morgan fingerprint density at radius 2 is 2.00 bits per heavy atom. The van der Waals surface area contributed by atoms with Crippen LogP contribution in [-0.2, 0) is 9.53 Å². The van der Waals surface area contributed by atoms with E-state index in [1.165, 1.54) is 25.7 Å². The highest BCUT2D eigenvalue weighted by Gasteiger charge is 2.19. The molecule has 0 unspecified atom stereocenters. The van der Waals surface area contributed by atoms with Crippen molar-refractivity contribution in [1.29, 1.82) is 0 Å². The monoisotopic (exact) mass is 242 g/mol. The van der Waals surface area contributed by atoms with Crippen molar-refractivity contribution in [1.82, 2.24) is 10.6 Å². The summed E-state index contributed by atoms with van der Waals surface area (Å²) in [4.78, 5) is 11.6. The van der Waals surface area contributed by atoms with Gasteiger partial charge in [-0.3, -0.25) is 4.79 Å². The van der Waals surface area contributed by atoms with E-state index in [9.17, 15) is 4.79 Å². The highest BCUT2D eigenvalue weighted by molar-refractivity contribution is 5.78. The molecule has 1 aliphatic rings. The van der Waals surface area contributed by atoms with Crippen molar-refractivity contribution in [2.24, 2.45) is 0 Å². The number of nitrogens with one attached hydrogen (secondary N) is 2. The summed E-state index contributed by atoms with van der Waals surface area (Å²) in [6, 6.07) is 0.542. The summed E-state index contributed by atoms with van der Waals surface area (Å²) in [6.07, 6.45) is 4.99. The maximum absolute atomic E-state index is 11.6. The summed E-state index contributed by atoms with van der Waals surface area (Å²) in [7, 11) is 0. The van der Waals surface area contributed by atoms with E-state index in [0.29, 0.717) is 25.7 Å². The molecule has 0 radical (unpaired) electrons. The molecule has 0 atom stereocenters. The lowest BCUT2D eigenvalue weighted by Gasteiger charge is -2.25. The highest BCUT2D eigenvalue weighted by Crippen LogP contribution is 2.17. The van der Waals surface area contributed by atoms with Crippen LogP contribution in [0.4, 0.5) is 0 Å². The van der Waals surface area contributed by atoms with Gasteiger partial charge in [0, 0.05) is 19.2 Å². The lowest BCUT2D eigenvalue weighted by molar-refractivity contribution is -0.122. The van der Waals surface area contributed by atoms with Crippen molar-refractivity contribution in [3.63, 3.8) is 0 Å². The molecule has 100 valence electrons. The van der Waals surface area contributed by atoms with Gasteiger partial charge >= 0.3 is 0 Å². The highest BCUT2D eigenvalue weighted by atomic mass is 16.5. The number of hydrogen-bond acceptors (Lipinski definition) is 3. The first-order valence-corrected chi connectivity index (χ1v) is 6.67. The molecule has 4 heteroatoms. The van der Waals surface area contributed by atoms with Gasteiger partial charge in [0.2, 0.25) is 5.91 Å². The lowest BCUT2D eigenvalue weighted by Crippen LogP contribution is -2.44. The van der Waals surface area contributed by atoms with Gasteiger partial charge in [0.05, 0.1) is 12.1 Å². The van der Waals surface area contributed by atoms with Gasteiger partial charge in [-0.2, -0.15) is 0 Å². The summed E-state index contributed by atoms with van der Waals surface area (Å²) in [5, 5.41) is 6.20. The average Bonchev–Trinajstić information content (AvgIpc) is 2.76. The van der Waals surface area contributed by atoms with Crippen LogP contribution in [0.25, 0.3) is 0 Å². The van der Waals surface area contributed by atoms with Crippen LogP contribution in [0.3, 0.4) is 0 Å². The first kappa shape index (κ1) is 14.5. The SMILES string of the molecule is CCOC(C)(C)CNC(=O)CNC1CCCC1. The van der Waals surface area contributed by atoms with E-state index >= 15 is 0 Å². The van der Waals surface area contributed by atoms with Crippen molar-refractivity contribution in [2.75, 3.05) is 19.7 Å². The number of amides is 1. The quantitative estimate of drug-likeness (QED) is 0.710. The predicted molar refractivity (Wildman–Crippen MR) is 69.0 cm³/mol. The summed E-state index contributed by atoms with van der Waals surface area (Å²) >= 11 is 0. The van der Waals surface area contributed by atoms with Crippen LogP contribution >= 0.6 is 0 Å². The second kappa shape index (κ2) is 6.97. The third-order valence-corrected chi connectivity index (χ3v) is 3.15. The average molecular weight is 242 g/mol. The van der Waals surface area contributed by atoms with Crippen molar-refractivity contribution < 1.29 is 9.53 Å². The standard InChI is InChI=1S/C13H26N2O2/c1-4-17-13(2,3)10-15-12(16)9-14-11-7-5-6-8-11/h11,14H,4-10H2,1-3H3,(H,15,16). The molecule has 1 saturated carbocycles. The van der Waals surface area contributed by atoms with E-state index in [2.05, 4.69) is 10.6 Å². The summed E-state index contributed by atoms with van der Waals surface area (Å²) in [5.74, 6) is 0.0599. The van der Waals surface area contributed by atoms with E-state index in [1.807, 2.05) is 20.8 Å². The zero-order valence-corrected chi connectivity index (χ0v) is 11.3. The maximum atomic E-state index is 11.6. The van der Waals surface area contributed by atoms with Crippen molar-refractivity contribution in [3.8, 4) is 0 Å². The zero-order valence-electron chi connectivity index (χ0n) is 11.3. The van der Waals surface area contributed by atoms with Gasteiger partial charge in [0.15, 0.2) is 0 Å². The smallest absolute Gasteiger partial charge is 0.234 e. The van der Waals surface area contributed by atoms with E-state index in [4.69, 9.17) is 4.74 Å². The Bertz CT molecular complexity index is 236. The number of carbonyl (C=O) groups is 1. The fraction of sp³-hybridized carbons (Fsp3) is 0.923. The van der Waals surface area contributed by atoms with Crippen LogP contribution in [0.5, 0.6) is 0 Å². The van der Waals surface area contributed by atoms with Crippen LogP contribution in [0.2, 0.25) is 0 Å². The molecule has 17 heavy (non-hydrogen) atoms. The van der Waals surface area contributed by atoms with Gasteiger partial charge in [0.25, 0.3) is 0 Å². The molecule has 4 nitrogen and oxygen atoms in total. The normalized spacial score (nSPS) is 17.4. The first-order chi connectivity index (χ1) is 8.03.